The molecule has 20 heavy (non-hydrogen) atoms. The highest BCUT2D eigenvalue weighted by atomic mass is 16.6. The van der Waals surface area contributed by atoms with Crippen LogP contribution in [0.2, 0.25) is 0 Å². The summed E-state index contributed by atoms with van der Waals surface area (Å²) in [6.07, 6.45) is 8.83. The van der Waals surface area contributed by atoms with Crippen LogP contribution in [0, 0.1) is 0 Å². The van der Waals surface area contributed by atoms with Crippen LogP contribution in [-0.2, 0) is 19.0 Å². The molecule has 0 spiro atoms. The van der Waals surface area contributed by atoms with Crippen molar-refractivity contribution in [1.82, 2.24) is 0 Å². The molecule has 0 saturated carbocycles. The Morgan fingerprint density at radius 3 is 2.65 bits per heavy atom. The number of ether oxygens (including phenoxy) is 3. The maximum atomic E-state index is 12.3. The molecule has 4 heteroatoms. The van der Waals surface area contributed by atoms with Gasteiger partial charge in [0.1, 0.15) is 6.61 Å². The van der Waals surface area contributed by atoms with Gasteiger partial charge < -0.3 is 14.2 Å². The summed E-state index contributed by atoms with van der Waals surface area (Å²) < 4.78 is 16.9. The number of rotatable bonds is 4. The second kappa shape index (κ2) is 6.10. The van der Waals surface area contributed by atoms with Crippen LogP contribution in [0.4, 0.5) is 0 Å². The topological polar surface area (TPSA) is 44.8 Å². The Hall–Kier alpha value is -1.13. The van der Waals surface area contributed by atoms with Gasteiger partial charge >= 0.3 is 5.97 Å². The van der Waals surface area contributed by atoms with Gasteiger partial charge in [-0.1, -0.05) is 25.2 Å². The minimum atomic E-state index is -0.950. The van der Waals surface area contributed by atoms with Gasteiger partial charge in [0.15, 0.2) is 5.60 Å². The Morgan fingerprint density at radius 1 is 1.30 bits per heavy atom. The van der Waals surface area contributed by atoms with Crippen molar-refractivity contribution in [2.24, 2.45) is 0 Å². The molecule has 0 aromatic carbocycles. The molecule has 1 aliphatic carbocycles. The molecule has 0 N–H and O–H groups in total. The Balaban J connectivity index is 1.92. The van der Waals surface area contributed by atoms with E-state index in [0.717, 1.165) is 18.4 Å². The zero-order valence-electron chi connectivity index (χ0n) is 12.6. The standard InChI is InChI=1S/C16H24O4/c1-4-16(12-19-15(2,3)11-20-16)14(17)18-10-13-8-6-5-7-9-13/h6,8-9H,4-5,7,10-12H2,1-3H3. The smallest absolute Gasteiger partial charge is 0.341 e. The van der Waals surface area contributed by atoms with Crippen molar-refractivity contribution < 1.29 is 19.0 Å². The number of hydrogen-bond acceptors (Lipinski definition) is 4. The average molecular weight is 280 g/mol. The van der Waals surface area contributed by atoms with Crippen LogP contribution in [0.15, 0.2) is 23.8 Å². The first-order valence-corrected chi connectivity index (χ1v) is 7.28. The van der Waals surface area contributed by atoms with E-state index in [1.807, 2.05) is 26.8 Å². The van der Waals surface area contributed by atoms with E-state index in [1.54, 1.807) is 0 Å². The van der Waals surface area contributed by atoms with Gasteiger partial charge in [-0.3, -0.25) is 0 Å². The molecule has 0 amide bonds. The van der Waals surface area contributed by atoms with Gasteiger partial charge in [0.05, 0.1) is 18.8 Å². The number of carbonyl (C=O) groups is 1. The van der Waals surface area contributed by atoms with Crippen LogP contribution in [0.1, 0.15) is 40.0 Å². The molecule has 1 atom stereocenters. The van der Waals surface area contributed by atoms with Crippen LogP contribution in [-0.4, -0.2) is 37.0 Å². The number of carbonyl (C=O) groups excluding carboxylic acids is 1. The van der Waals surface area contributed by atoms with Crippen LogP contribution in [0.5, 0.6) is 0 Å². The number of esters is 1. The lowest BCUT2D eigenvalue weighted by molar-refractivity contribution is -0.234. The maximum absolute atomic E-state index is 12.3. The molecular formula is C16H24O4. The van der Waals surface area contributed by atoms with Crippen LogP contribution >= 0.6 is 0 Å². The van der Waals surface area contributed by atoms with Crippen LogP contribution in [0.25, 0.3) is 0 Å². The summed E-state index contributed by atoms with van der Waals surface area (Å²) in [6, 6.07) is 0. The third kappa shape index (κ3) is 3.49. The van der Waals surface area contributed by atoms with E-state index in [0.29, 0.717) is 19.6 Å². The number of hydrogen-bond donors (Lipinski definition) is 0. The molecule has 0 aromatic heterocycles. The van der Waals surface area contributed by atoms with E-state index in [2.05, 4.69) is 12.2 Å². The van der Waals surface area contributed by atoms with Crippen molar-refractivity contribution in [3.63, 3.8) is 0 Å². The molecule has 1 unspecified atom stereocenters. The second-order valence-electron chi connectivity index (χ2n) is 6.02. The summed E-state index contributed by atoms with van der Waals surface area (Å²) in [4.78, 5) is 12.3. The van der Waals surface area contributed by atoms with Crippen molar-refractivity contribution in [2.45, 2.75) is 51.2 Å². The fraction of sp³-hybridized carbons (Fsp3) is 0.688. The molecule has 112 valence electrons. The normalized spacial score (nSPS) is 28.9. The molecule has 0 radical (unpaired) electrons. The lowest BCUT2D eigenvalue weighted by Crippen LogP contribution is -2.55. The fourth-order valence-electron chi connectivity index (χ4n) is 2.23. The minimum absolute atomic E-state index is 0.254. The Bertz CT molecular complexity index is 410. The average Bonchev–Trinajstić information content (AvgIpc) is 2.46. The summed E-state index contributed by atoms with van der Waals surface area (Å²) in [5.41, 5.74) is -0.241. The first-order chi connectivity index (χ1) is 9.47. The van der Waals surface area contributed by atoms with E-state index in [-0.39, 0.29) is 18.2 Å². The second-order valence-corrected chi connectivity index (χ2v) is 6.02. The molecule has 2 rings (SSSR count). The van der Waals surface area contributed by atoms with Gasteiger partial charge in [-0.2, -0.15) is 0 Å². The zero-order valence-corrected chi connectivity index (χ0v) is 12.6. The van der Waals surface area contributed by atoms with E-state index < -0.39 is 5.60 Å². The van der Waals surface area contributed by atoms with Crippen molar-refractivity contribution in [3.8, 4) is 0 Å². The van der Waals surface area contributed by atoms with E-state index >= 15 is 0 Å². The van der Waals surface area contributed by atoms with Gasteiger partial charge in [-0.25, -0.2) is 4.79 Å². The first-order valence-electron chi connectivity index (χ1n) is 7.28. The Morgan fingerprint density at radius 2 is 2.10 bits per heavy atom. The zero-order chi connectivity index (χ0) is 14.6. The molecule has 0 aromatic rings. The minimum Gasteiger partial charge on any atom is -0.459 e. The third-order valence-corrected chi connectivity index (χ3v) is 3.78. The summed E-state index contributed by atoms with van der Waals surface area (Å²) in [7, 11) is 0. The highest BCUT2D eigenvalue weighted by Crippen LogP contribution is 2.29. The lowest BCUT2D eigenvalue weighted by atomic mass is 9.98. The summed E-state index contributed by atoms with van der Waals surface area (Å²) in [5.74, 6) is -0.324. The van der Waals surface area contributed by atoms with Gasteiger partial charge in [0.2, 0.25) is 0 Å². The van der Waals surface area contributed by atoms with Crippen LogP contribution in [0.3, 0.4) is 0 Å². The van der Waals surface area contributed by atoms with Gasteiger partial charge in [-0.15, -0.1) is 0 Å². The van der Waals surface area contributed by atoms with Crippen molar-refractivity contribution >= 4 is 5.97 Å². The predicted molar refractivity (Wildman–Crippen MR) is 76.4 cm³/mol. The Labute approximate surface area is 120 Å². The number of allylic oxidation sites excluding steroid dienone is 2. The maximum Gasteiger partial charge on any atom is 0.341 e. The van der Waals surface area contributed by atoms with Gasteiger partial charge in [-0.05, 0) is 38.7 Å². The Kier molecular flexibility index (Phi) is 4.66. The van der Waals surface area contributed by atoms with Crippen LogP contribution < -0.4 is 0 Å². The third-order valence-electron chi connectivity index (χ3n) is 3.78. The predicted octanol–water partition coefficient (Wildman–Crippen LogP) is 2.78. The molecule has 2 aliphatic rings. The molecule has 1 heterocycles. The summed E-state index contributed by atoms with van der Waals surface area (Å²) in [5, 5.41) is 0. The van der Waals surface area contributed by atoms with Crippen molar-refractivity contribution in [1.29, 1.82) is 0 Å². The molecular weight excluding hydrogens is 256 g/mol. The summed E-state index contributed by atoms with van der Waals surface area (Å²) >= 11 is 0. The largest absolute Gasteiger partial charge is 0.459 e. The SMILES string of the molecule is CCC1(C(=O)OCC2=CCCC=C2)COC(C)(C)CO1. The highest BCUT2D eigenvalue weighted by molar-refractivity contribution is 5.80. The first kappa shape index (κ1) is 15.3. The van der Waals surface area contributed by atoms with Crippen molar-refractivity contribution in [3.05, 3.63) is 23.8 Å². The lowest BCUT2D eigenvalue weighted by Gasteiger charge is -2.41. The van der Waals surface area contributed by atoms with Crippen molar-refractivity contribution in [2.75, 3.05) is 19.8 Å². The fourth-order valence-corrected chi connectivity index (χ4v) is 2.23. The quantitative estimate of drug-likeness (QED) is 0.743. The summed E-state index contributed by atoms with van der Waals surface area (Å²) in [6.45, 7) is 6.79. The molecule has 1 saturated heterocycles. The molecule has 1 aliphatic heterocycles. The molecule has 1 fully saturated rings. The van der Waals surface area contributed by atoms with Gasteiger partial charge in [0.25, 0.3) is 0 Å². The van der Waals surface area contributed by atoms with Gasteiger partial charge in [0, 0.05) is 0 Å². The van der Waals surface area contributed by atoms with E-state index in [4.69, 9.17) is 14.2 Å². The highest BCUT2D eigenvalue weighted by Gasteiger charge is 2.46. The molecule has 4 nitrogen and oxygen atoms in total. The monoisotopic (exact) mass is 280 g/mol. The molecule has 0 bridgehead atoms. The van der Waals surface area contributed by atoms with E-state index in [1.165, 1.54) is 0 Å². The van der Waals surface area contributed by atoms with E-state index in [9.17, 15) is 4.79 Å².